The van der Waals surface area contributed by atoms with Crippen LogP contribution in [-0.4, -0.2) is 20.8 Å². The molecule has 2 heterocycles. The number of rotatable bonds is 9. The van der Waals surface area contributed by atoms with Crippen molar-refractivity contribution >= 4 is 29.1 Å². The molecule has 0 radical (unpaired) electrons. The van der Waals surface area contributed by atoms with Crippen LogP contribution in [0.4, 0.5) is 0 Å². The molecule has 6 nitrogen and oxygen atoms in total. The lowest BCUT2D eigenvalue weighted by Crippen LogP contribution is -2.24. The van der Waals surface area contributed by atoms with E-state index in [1.807, 2.05) is 42.5 Å². The van der Waals surface area contributed by atoms with E-state index >= 15 is 0 Å². The molecule has 168 valence electrons. The number of oxazole rings is 1. The Labute approximate surface area is 202 Å². The van der Waals surface area contributed by atoms with Gasteiger partial charge in [0.05, 0.1) is 6.54 Å². The van der Waals surface area contributed by atoms with E-state index in [0.29, 0.717) is 42.1 Å². The number of carbonyl (C=O) groups is 1. The van der Waals surface area contributed by atoms with Gasteiger partial charge in [0, 0.05) is 42.1 Å². The highest BCUT2D eigenvalue weighted by atomic mass is 35.5. The monoisotopic (exact) mass is 480 g/mol. The molecule has 0 aliphatic rings. The Hall–Kier alpha value is -3.19. The highest BCUT2D eigenvalue weighted by Crippen LogP contribution is 2.24. The SMILES string of the molecule is O=C(NCc1ccncc1)c1coc(CN(Cc2ccccc2)Cc2ccc(Cl)cc2Cl)n1. The highest BCUT2D eigenvalue weighted by Gasteiger charge is 2.17. The first kappa shape index (κ1) is 23.0. The molecule has 2 aromatic carbocycles. The second-order valence-corrected chi connectivity index (χ2v) is 8.37. The number of halogens is 2. The van der Waals surface area contributed by atoms with Crippen LogP contribution in [-0.2, 0) is 26.2 Å². The number of hydrogen-bond acceptors (Lipinski definition) is 5. The van der Waals surface area contributed by atoms with Gasteiger partial charge in [-0.2, -0.15) is 0 Å². The van der Waals surface area contributed by atoms with Crippen LogP contribution < -0.4 is 5.32 Å². The average molecular weight is 481 g/mol. The number of nitrogens with zero attached hydrogens (tertiary/aromatic N) is 3. The van der Waals surface area contributed by atoms with Crippen molar-refractivity contribution in [3.63, 3.8) is 0 Å². The van der Waals surface area contributed by atoms with Crippen LogP contribution in [0.15, 0.2) is 83.7 Å². The molecule has 0 aliphatic heterocycles. The first-order valence-corrected chi connectivity index (χ1v) is 11.1. The second-order valence-electron chi connectivity index (χ2n) is 7.53. The quantitative estimate of drug-likeness (QED) is 0.342. The molecule has 0 bridgehead atoms. The fourth-order valence-corrected chi connectivity index (χ4v) is 3.82. The smallest absolute Gasteiger partial charge is 0.273 e. The molecule has 1 amide bonds. The van der Waals surface area contributed by atoms with E-state index < -0.39 is 0 Å². The molecule has 0 atom stereocenters. The molecule has 8 heteroatoms. The van der Waals surface area contributed by atoms with E-state index in [0.717, 1.165) is 16.7 Å². The Morgan fingerprint density at radius 2 is 1.73 bits per heavy atom. The summed E-state index contributed by atoms with van der Waals surface area (Å²) >= 11 is 12.4. The van der Waals surface area contributed by atoms with Gasteiger partial charge in [-0.25, -0.2) is 4.98 Å². The Morgan fingerprint density at radius 3 is 2.48 bits per heavy atom. The molecular weight excluding hydrogens is 459 g/mol. The molecule has 2 aromatic heterocycles. The number of amides is 1. The van der Waals surface area contributed by atoms with E-state index in [9.17, 15) is 4.79 Å². The number of carbonyl (C=O) groups excluding carboxylic acids is 1. The van der Waals surface area contributed by atoms with Gasteiger partial charge in [0.2, 0.25) is 5.89 Å². The molecule has 0 unspecified atom stereocenters. The second kappa shape index (κ2) is 11.1. The Bertz CT molecular complexity index is 1200. The lowest BCUT2D eigenvalue weighted by molar-refractivity contribution is 0.0945. The summed E-state index contributed by atoms with van der Waals surface area (Å²) in [7, 11) is 0. The predicted octanol–water partition coefficient (Wildman–Crippen LogP) is 5.51. The van der Waals surface area contributed by atoms with Crippen molar-refractivity contribution in [2.45, 2.75) is 26.2 Å². The summed E-state index contributed by atoms with van der Waals surface area (Å²) in [6.07, 6.45) is 4.75. The maximum absolute atomic E-state index is 12.5. The Kier molecular flexibility index (Phi) is 7.73. The third kappa shape index (κ3) is 6.65. The summed E-state index contributed by atoms with van der Waals surface area (Å²) < 4.78 is 5.62. The van der Waals surface area contributed by atoms with Crippen LogP contribution in [0.3, 0.4) is 0 Å². The summed E-state index contributed by atoms with van der Waals surface area (Å²) in [5.41, 5.74) is 3.28. The summed E-state index contributed by atoms with van der Waals surface area (Å²) in [5, 5.41) is 4.03. The lowest BCUT2D eigenvalue weighted by Gasteiger charge is -2.21. The van der Waals surface area contributed by atoms with Crippen LogP contribution in [0, 0.1) is 0 Å². The summed E-state index contributed by atoms with van der Waals surface area (Å²) in [5.74, 6) is 0.155. The van der Waals surface area contributed by atoms with Crippen LogP contribution >= 0.6 is 23.2 Å². The van der Waals surface area contributed by atoms with Crippen LogP contribution in [0.2, 0.25) is 10.0 Å². The molecule has 0 fully saturated rings. The maximum Gasteiger partial charge on any atom is 0.273 e. The molecule has 0 saturated heterocycles. The Morgan fingerprint density at radius 1 is 0.939 bits per heavy atom. The number of hydrogen-bond donors (Lipinski definition) is 1. The fourth-order valence-electron chi connectivity index (χ4n) is 3.35. The van der Waals surface area contributed by atoms with Gasteiger partial charge in [0.15, 0.2) is 5.69 Å². The number of nitrogens with one attached hydrogen (secondary N) is 1. The maximum atomic E-state index is 12.5. The molecule has 4 aromatic rings. The molecule has 0 saturated carbocycles. The topological polar surface area (TPSA) is 71.3 Å². The van der Waals surface area contributed by atoms with Gasteiger partial charge in [-0.05, 0) is 41.0 Å². The van der Waals surface area contributed by atoms with Gasteiger partial charge >= 0.3 is 0 Å². The zero-order valence-electron chi connectivity index (χ0n) is 17.7. The average Bonchev–Trinajstić information content (AvgIpc) is 3.29. The minimum Gasteiger partial charge on any atom is -0.447 e. The zero-order chi connectivity index (χ0) is 23.0. The highest BCUT2D eigenvalue weighted by molar-refractivity contribution is 6.35. The number of pyridine rings is 1. The van der Waals surface area contributed by atoms with E-state index in [1.54, 1.807) is 18.5 Å². The van der Waals surface area contributed by atoms with Crippen molar-refractivity contribution in [1.82, 2.24) is 20.2 Å². The van der Waals surface area contributed by atoms with Crippen molar-refractivity contribution in [3.8, 4) is 0 Å². The van der Waals surface area contributed by atoms with E-state index in [2.05, 4.69) is 32.3 Å². The molecule has 4 rings (SSSR count). The van der Waals surface area contributed by atoms with Gasteiger partial charge < -0.3 is 9.73 Å². The molecular formula is C25H22Cl2N4O2. The zero-order valence-corrected chi connectivity index (χ0v) is 19.3. The van der Waals surface area contributed by atoms with Gasteiger partial charge in [-0.3, -0.25) is 14.7 Å². The first-order valence-electron chi connectivity index (χ1n) is 10.4. The minimum atomic E-state index is -0.294. The van der Waals surface area contributed by atoms with E-state index in [4.69, 9.17) is 27.6 Å². The largest absolute Gasteiger partial charge is 0.447 e. The third-order valence-electron chi connectivity index (χ3n) is 5.00. The van der Waals surface area contributed by atoms with Gasteiger partial charge in [-0.1, -0.05) is 59.6 Å². The van der Waals surface area contributed by atoms with E-state index in [-0.39, 0.29) is 11.6 Å². The van der Waals surface area contributed by atoms with Gasteiger partial charge in [0.1, 0.15) is 6.26 Å². The molecule has 1 N–H and O–H groups in total. The van der Waals surface area contributed by atoms with E-state index in [1.165, 1.54) is 6.26 Å². The number of aromatic nitrogens is 2. The van der Waals surface area contributed by atoms with Crippen molar-refractivity contribution in [2.75, 3.05) is 0 Å². The summed E-state index contributed by atoms with van der Waals surface area (Å²) in [4.78, 5) is 23.0. The lowest BCUT2D eigenvalue weighted by atomic mass is 10.1. The third-order valence-corrected chi connectivity index (χ3v) is 5.59. The van der Waals surface area contributed by atoms with Crippen LogP contribution in [0.5, 0.6) is 0 Å². The van der Waals surface area contributed by atoms with Crippen molar-refractivity contribution in [2.24, 2.45) is 0 Å². The van der Waals surface area contributed by atoms with Crippen molar-refractivity contribution < 1.29 is 9.21 Å². The summed E-state index contributed by atoms with van der Waals surface area (Å²) in [6, 6.07) is 19.3. The Balaban J connectivity index is 1.45. The first-order chi connectivity index (χ1) is 16.1. The molecule has 33 heavy (non-hydrogen) atoms. The van der Waals surface area contributed by atoms with Crippen molar-refractivity contribution in [3.05, 3.63) is 118 Å². The van der Waals surface area contributed by atoms with Crippen molar-refractivity contribution in [1.29, 1.82) is 0 Å². The van der Waals surface area contributed by atoms with Crippen LogP contribution in [0.1, 0.15) is 33.1 Å². The minimum absolute atomic E-state index is 0.239. The summed E-state index contributed by atoms with van der Waals surface area (Å²) in [6.45, 7) is 2.02. The molecule has 0 aliphatic carbocycles. The van der Waals surface area contributed by atoms with Crippen LogP contribution in [0.25, 0.3) is 0 Å². The fraction of sp³-hybridized carbons (Fsp3) is 0.160. The van der Waals surface area contributed by atoms with Gasteiger partial charge in [0.25, 0.3) is 5.91 Å². The van der Waals surface area contributed by atoms with Gasteiger partial charge in [-0.15, -0.1) is 0 Å². The number of benzene rings is 2. The standard InChI is InChI=1S/C25H22Cl2N4O2/c26-21-7-6-20(22(27)12-21)15-31(14-19-4-2-1-3-5-19)16-24-30-23(17-33-24)25(32)29-13-18-8-10-28-11-9-18/h1-12,17H,13-16H2,(H,29,32). The predicted molar refractivity (Wildman–Crippen MR) is 128 cm³/mol. The normalized spacial score (nSPS) is 11.0. The molecule has 0 spiro atoms.